The molecule has 0 radical (unpaired) electrons. The molecule has 2 heterocycles. The van der Waals surface area contributed by atoms with E-state index >= 15 is 0 Å². The molecule has 2 aliphatic heterocycles. The number of carbonyl (C=O) groups excluding carboxylic acids is 1. The van der Waals surface area contributed by atoms with Gasteiger partial charge in [0.05, 0.1) is 32.0 Å². The highest BCUT2D eigenvalue weighted by molar-refractivity contribution is 5.76. The molecule has 1 amide bonds. The molecule has 2 rings (SSSR count). The number of rotatable bonds is 36. The van der Waals surface area contributed by atoms with E-state index in [2.05, 4.69) is 31.3 Å². The molecule has 358 valence electrons. The van der Waals surface area contributed by atoms with E-state index in [1.807, 2.05) is 6.08 Å². The minimum absolute atomic E-state index is 0.263. The molecular weight excluding hydrogens is 787 g/mol. The first-order valence-corrected chi connectivity index (χ1v) is 24.1. The lowest BCUT2D eigenvalue weighted by molar-refractivity contribution is -0.359. The van der Waals surface area contributed by atoms with Gasteiger partial charge < -0.3 is 65.1 Å². The first-order valence-electron chi connectivity index (χ1n) is 24.1. The van der Waals surface area contributed by atoms with E-state index in [-0.39, 0.29) is 18.9 Å². The Kier molecular flexibility index (Phi) is 31.7. The van der Waals surface area contributed by atoms with Crippen LogP contribution in [-0.4, -0.2) is 140 Å². The molecular formula is C47H87NO13. The second kappa shape index (κ2) is 34.8. The van der Waals surface area contributed by atoms with Crippen molar-refractivity contribution in [3.8, 4) is 0 Å². The average molecular weight is 874 g/mol. The predicted octanol–water partition coefficient (Wildman–Crippen LogP) is 5.38. The molecule has 61 heavy (non-hydrogen) atoms. The van der Waals surface area contributed by atoms with E-state index in [1.54, 1.807) is 6.08 Å². The van der Waals surface area contributed by atoms with Crippen molar-refractivity contribution in [3.63, 3.8) is 0 Å². The van der Waals surface area contributed by atoms with Crippen LogP contribution in [-0.2, 0) is 23.7 Å². The molecule has 0 bridgehead atoms. The van der Waals surface area contributed by atoms with Gasteiger partial charge in [0.15, 0.2) is 12.6 Å². The average Bonchev–Trinajstić information content (AvgIpc) is 3.26. The minimum Gasteiger partial charge on any atom is -0.394 e. The van der Waals surface area contributed by atoms with Crippen LogP contribution < -0.4 is 5.32 Å². The monoisotopic (exact) mass is 874 g/mol. The van der Waals surface area contributed by atoms with E-state index in [0.717, 1.165) is 38.5 Å². The largest absolute Gasteiger partial charge is 0.394 e. The Morgan fingerprint density at radius 3 is 1.61 bits per heavy atom. The van der Waals surface area contributed by atoms with E-state index < -0.39 is 86.8 Å². The van der Waals surface area contributed by atoms with Crippen LogP contribution in [0.2, 0.25) is 0 Å². The third-order valence-electron chi connectivity index (χ3n) is 11.9. The summed E-state index contributed by atoms with van der Waals surface area (Å²) in [6.45, 7) is 2.66. The highest BCUT2D eigenvalue weighted by Gasteiger charge is 2.51. The molecule has 2 fully saturated rings. The Balaban J connectivity index is 1.77. The lowest BCUT2D eigenvalue weighted by Crippen LogP contribution is -2.65. The van der Waals surface area contributed by atoms with Crippen molar-refractivity contribution in [2.24, 2.45) is 0 Å². The fourth-order valence-electron chi connectivity index (χ4n) is 7.89. The highest BCUT2D eigenvalue weighted by atomic mass is 16.7. The van der Waals surface area contributed by atoms with Gasteiger partial charge in [-0.1, -0.05) is 160 Å². The summed E-state index contributed by atoms with van der Waals surface area (Å²) in [6.07, 6.45) is 20.1. The quantitative estimate of drug-likeness (QED) is 0.0285. The number of unbranched alkanes of at least 4 members (excludes halogenated alkanes) is 21. The van der Waals surface area contributed by atoms with Gasteiger partial charge in [-0.2, -0.15) is 0 Å². The van der Waals surface area contributed by atoms with Crippen LogP contribution in [0.25, 0.3) is 0 Å². The number of aliphatic hydroxyl groups excluding tert-OH is 8. The van der Waals surface area contributed by atoms with Crippen LogP contribution in [0.15, 0.2) is 24.3 Å². The van der Waals surface area contributed by atoms with Gasteiger partial charge in [0.25, 0.3) is 0 Å². The second-order valence-corrected chi connectivity index (χ2v) is 17.2. The number of hydrogen-bond acceptors (Lipinski definition) is 13. The van der Waals surface area contributed by atoms with Gasteiger partial charge in [-0.05, 0) is 32.1 Å². The predicted molar refractivity (Wildman–Crippen MR) is 235 cm³/mol. The molecule has 0 spiro atoms. The van der Waals surface area contributed by atoms with Crippen molar-refractivity contribution in [3.05, 3.63) is 24.3 Å². The molecule has 12 atom stereocenters. The number of carbonyl (C=O) groups is 1. The van der Waals surface area contributed by atoms with Crippen LogP contribution in [0, 0.1) is 0 Å². The van der Waals surface area contributed by atoms with E-state index in [0.29, 0.717) is 12.8 Å². The van der Waals surface area contributed by atoms with Gasteiger partial charge in [-0.15, -0.1) is 0 Å². The van der Waals surface area contributed by atoms with Crippen molar-refractivity contribution in [1.82, 2.24) is 5.32 Å². The van der Waals surface area contributed by atoms with Crippen molar-refractivity contribution in [2.45, 2.75) is 248 Å². The maximum atomic E-state index is 12.9. The highest BCUT2D eigenvalue weighted by Crippen LogP contribution is 2.30. The normalized spacial score (nSPS) is 28.2. The van der Waals surface area contributed by atoms with Crippen LogP contribution in [0.3, 0.4) is 0 Å². The summed E-state index contributed by atoms with van der Waals surface area (Å²) >= 11 is 0. The topological polar surface area (TPSA) is 228 Å². The molecule has 14 nitrogen and oxygen atoms in total. The summed E-state index contributed by atoms with van der Waals surface area (Å²) in [5.74, 6) is -0.263. The first-order chi connectivity index (χ1) is 29.6. The summed E-state index contributed by atoms with van der Waals surface area (Å²) in [4.78, 5) is 12.9. The van der Waals surface area contributed by atoms with Crippen LogP contribution in [0.1, 0.15) is 174 Å². The van der Waals surface area contributed by atoms with E-state index in [4.69, 9.17) is 18.9 Å². The standard InChI is InChI=1S/C47H87NO13/c1-3-5-7-9-10-11-12-13-14-15-16-17-18-19-20-21-22-23-24-25-27-28-30-36(51)35(48-39(52)31-29-26-8-6-4-2)34-58-46-44(57)42(55)45(38(33-50)60-46)61-47-43(56)41(54)40(53)37(32-49)59-47/h23-24,28,30,35-38,40-47,49-51,53-57H,3-22,25-27,29,31-34H2,1-2H3,(H,48,52)/b24-23+,30-28+. The third-order valence-corrected chi connectivity index (χ3v) is 11.9. The van der Waals surface area contributed by atoms with E-state index in [1.165, 1.54) is 103 Å². The Labute approximate surface area is 367 Å². The number of allylic oxidation sites excluding steroid dienone is 3. The minimum atomic E-state index is -1.79. The Morgan fingerprint density at radius 2 is 1.05 bits per heavy atom. The lowest BCUT2D eigenvalue weighted by atomic mass is 9.97. The summed E-state index contributed by atoms with van der Waals surface area (Å²) in [5.41, 5.74) is 0. The van der Waals surface area contributed by atoms with Gasteiger partial charge in [0.1, 0.15) is 48.8 Å². The molecule has 14 heteroatoms. The van der Waals surface area contributed by atoms with Crippen LogP contribution >= 0.6 is 0 Å². The smallest absolute Gasteiger partial charge is 0.220 e. The Hall–Kier alpha value is -1.53. The maximum absolute atomic E-state index is 12.9. The molecule has 2 saturated heterocycles. The Bertz CT molecular complexity index is 1130. The van der Waals surface area contributed by atoms with Crippen molar-refractivity contribution < 1.29 is 64.6 Å². The molecule has 12 unspecified atom stereocenters. The number of nitrogens with one attached hydrogen (secondary N) is 1. The van der Waals surface area contributed by atoms with Gasteiger partial charge >= 0.3 is 0 Å². The molecule has 0 saturated carbocycles. The zero-order valence-corrected chi connectivity index (χ0v) is 37.7. The number of amides is 1. The number of ether oxygens (including phenoxy) is 4. The Morgan fingerprint density at radius 1 is 0.574 bits per heavy atom. The molecule has 0 aromatic carbocycles. The van der Waals surface area contributed by atoms with E-state index in [9.17, 15) is 45.6 Å². The molecule has 0 aromatic heterocycles. The summed E-state index contributed by atoms with van der Waals surface area (Å²) in [6, 6.07) is -0.923. The molecule has 0 aliphatic carbocycles. The van der Waals surface area contributed by atoms with Gasteiger partial charge in [0, 0.05) is 6.42 Å². The van der Waals surface area contributed by atoms with Crippen LogP contribution in [0.5, 0.6) is 0 Å². The summed E-state index contributed by atoms with van der Waals surface area (Å²) in [5, 5.41) is 86.2. The SMILES string of the molecule is CCCCCCCCCCCCCCCCCC/C=C/CC/C=C/C(O)C(COC1OC(CO)C(OC2OC(CO)C(O)C(O)C2O)C(O)C1O)NC(=O)CCCCCCC. The molecule has 9 N–H and O–H groups in total. The van der Waals surface area contributed by atoms with Crippen molar-refractivity contribution >= 4 is 5.91 Å². The maximum Gasteiger partial charge on any atom is 0.220 e. The third kappa shape index (κ3) is 22.8. The summed E-state index contributed by atoms with van der Waals surface area (Å²) < 4.78 is 22.5. The lowest BCUT2D eigenvalue weighted by Gasteiger charge is -2.46. The fraction of sp³-hybridized carbons (Fsp3) is 0.894. The second-order valence-electron chi connectivity index (χ2n) is 17.2. The van der Waals surface area contributed by atoms with Crippen molar-refractivity contribution in [1.29, 1.82) is 0 Å². The van der Waals surface area contributed by atoms with Gasteiger partial charge in [-0.3, -0.25) is 4.79 Å². The molecule has 0 aromatic rings. The summed E-state index contributed by atoms with van der Waals surface area (Å²) in [7, 11) is 0. The van der Waals surface area contributed by atoms with Crippen LogP contribution in [0.4, 0.5) is 0 Å². The fourth-order valence-corrected chi connectivity index (χ4v) is 7.89. The zero-order valence-electron chi connectivity index (χ0n) is 37.7. The zero-order chi connectivity index (χ0) is 44.7. The number of hydrogen-bond donors (Lipinski definition) is 9. The van der Waals surface area contributed by atoms with Gasteiger partial charge in [0.2, 0.25) is 5.91 Å². The first kappa shape index (κ1) is 55.6. The van der Waals surface area contributed by atoms with Gasteiger partial charge in [-0.25, -0.2) is 0 Å². The number of aliphatic hydroxyl groups is 8. The molecule has 2 aliphatic rings. The van der Waals surface area contributed by atoms with Crippen molar-refractivity contribution in [2.75, 3.05) is 19.8 Å².